The van der Waals surface area contributed by atoms with Gasteiger partial charge in [-0.2, -0.15) is 5.10 Å². The van der Waals surface area contributed by atoms with Gasteiger partial charge in [0.05, 0.1) is 12.1 Å². The van der Waals surface area contributed by atoms with Crippen molar-refractivity contribution in [3.05, 3.63) is 84.1 Å². The largest absolute Gasteiger partial charge is 0.382 e. The highest BCUT2D eigenvalue weighted by molar-refractivity contribution is 7.98. The number of pyridine rings is 1. The van der Waals surface area contributed by atoms with Gasteiger partial charge in [0, 0.05) is 33.5 Å². The van der Waals surface area contributed by atoms with Crippen LogP contribution >= 0.6 is 11.8 Å². The molecule has 4 rings (SSSR count). The maximum atomic E-state index is 14.7. The van der Waals surface area contributed by atoms with Crippen LogP contribution < -0.4 is 0 Å². The molecule has 2 heterocycles. The van der Waals surface area contributed by atoms with Crippen molar-refractivity contribution in [1.29, 1.82) is 0 Å². The van der Waals surface area contributed by atoms with Crippen LogP contribution in [0, 0.1) is 11.6 Å². The average Bonchev–Trinajstić information content (AvgIpc) is 3.25. The van der Waals surface area contributed by atoms with Crippen molar-refractivity contribution < 1.29 is 13.9 Å². The van der Waals surface area contributed by atoms with Crippen LogP contribution in [0.25, 0.3) is 10.9 Å². The molecule has 2 aromatic carbocycles. The maximum Gasteiger partial charge on any atom is 0.137 e. The zero-order valence-corrected chi connectivity index (χ0v) is 17.3. The monoisotopic (exact) mass is 426 g/mol. The quantitative estimate of drug-likeness (QED) is 0.460. The summed E-state index contributed by atoms with van der Waals surface area (Å²) in [5.74, 6) is -2.15. The molecule has 30 heavy (non-hydrogen) atoms. The minimum atomic E-state index is -1.73. The van der Waals surface area contributed by atoms with E-state index in [-0.39, 0.29) is 12.1 Å². The van der Waals surface area contributed by atoms with Gasteiger partial charge in [-0.25, -0.2) is 18.4 Å². The number of aliphatic hydroxyl groups is 1. The van der Waals surface area contributed by atoms with Crippen LogP contribution in [0.3, 0.4) is 0 Å². The third-order valence-corrected chi connectivity index (χ3v) is 6.07. The molecule has 0 bridgehead atoms. The fraction of sp³-hybridized carbons (Fsp3) is 0.227. The van der Waals surface area contributed by atoms with Crippen molar-refractivity contribution in [2.24, 2.45) is 0 Å². The van der Waals surface area contributed by atoms with E-state index in [1.165, 1.54) is 23.4 Å². The van der Waals surface area contributed by atoms with E-state index in [0.717, 1.165) is 27.9 Å². The lowest BCUT2D eigenvalue weighted by molar-refractivity contribution is -0.0122. The van der Waals surface area contributed by atoms with Crippen molar-refractivity contribution in [2.75, 3.05) is 6.26 Å². The van der Waals surface area contributed by atoms with E-state index in [4.69, 9.17) is 4.98 Å². The average molecular weight is 426 g/mol. The summed E-state index contributed by atoms with van der Waals surface area (Å²) < 4.78 is 29.7. The molecule has 2 aromatic heterocycles. The van der Waals surface area contributed by atoms with Crippen molar-refractivity contribution in [3.63, 3.8) is 0 Å². The first-order valence-electron chi connectivity index (χ1n) is 9.36. The van der Waals surface area contributed by atoms with E-state index >= 15 is 0 Å². The molecule has 0 radical (unpaired) electrons. The molecular formula is C22H20F2N4OS. The van der Waals surface area contributed by atoms with Gasteiger partial charge in [0.2, 0.25) is 0 Å². The van der Waals surface area contributed by atoms with Crippen molar-refractivity contribution in [3.8, 4) is 0 Å². The van der Waals surface area contributed by atoms with Gasteiger partial charge in [-0.3, -0.25) is 4.98 Å². The second-order valence-electron chi connectivity index (χ2n) is 7.16. The van der Waals surface area contributed by atoms with Gasteiger partial charge >= 0.3 is 0 Å². The number of hydrogen-bond acceptors (Lipinski definition) is 5. The van der Waals surface area contributed by atoms with E-state index in [1.54, 1.807) is 18.7 Å². The summed E-state index contributed by atoms with van der Waals surface area (Å²) in [5, 5.41) is 16.7. The summed E-state index contributed by atoms with van der Waals surface area (Å²) in [5.41, 5.74) is -0.386. The van der Waals surface area contributed by atoms with Crippen LogP contribution in [-0.4, -0.2) is 31.1 Å². The van der Waals surface area contributed by atoms with Crippen LogP contribution in [0.4, 0.5) is 8.78 Å². The number of halogens is 2. The van der Waals surface area contributed by atoms with Gasteiger partial charge < -0.3 is 5.11 Å². The van der Waals surface area contributed by atoms with Crippen LogP contribution in [-0.2, 0) is 12.1 Å². The lowest BCUT2D eigenvalue weighted by Crippen LogP contribution is -2.38. The summed E-state index contributed by atoms with van der Waals surface area (Å²) in [6, 6.07) is 12.9. The van der Waals surface area contributed by atoms with Gasteiger partial charge in [-0.15, -0.1) is 11.8 Å². The Hall–Kier alpha value is -2.84. The zero-order valence-electron chi connectivity index (χ0n) is 16.5. The Bertz CT molecular complexity index is 1190. The molecule has 0 saturated heterocycles. The number of rotatable bonds is 6. The molecule has 0 fully saturated rings. The fourth-order valence-corrected chi connectivity index (χ4v) is 4.04. The predicted molar refractivity (Wildman–Crippen MR) is 112 cm³/mol. The Kier molecular flexibility index (Phi) is 5.53. The number of benzene rings is 2. The topological polar surface area (TPSA) is 63.8 Å². The number of hydrogen-bond donors (Lipinski definition) is 1. The summed E-state index contributed by atoms with van der Waals surface area (Å²) in [7, 11) is 0. The number of aromatic nitrogens is 4. The summed E-state index contributed by atoms with van der Waals surface area (Å²) in [6.45, 7) is 1.70. The van der Waals surface area contributed by atoms with Gasteiger partial charge in [0.15, 0.2) is 0 Å². The smallest absolute Gasteiger partial charge is 0.137 e. The molecule has 0 spiro atoms. The molecule has 2 unspecified atom stereocenters. The summed E-state index contributed by atoms with van der Waals surface area (Å²) >= 11 is 1.64. The second-order valence-corrected chi connectivity index (χ2v) is 8.04. The Morgan fingerprint density at radius 3 is 2.67 bits per heavy atom. The first kappa shape index (κ1) is 20.4. The van der Waals surface area contributed by atoms with E-state index in [2.05, 4.69) is 10.1 Å². The Balaban J connectivity index is 1.80. The van der Waals surface area contributed by atoms with Crippen LogP contribution in [0.2, 0.25) is 0 Å². The highest BCUT2D eigenvalue weighted by Crippen LogP contribution is 2.39. The molecule has 0 aliphatic rings. The second kappa shape index (κ2) is 8.12. The summed E-state index contributed by atoms with van der Waals surface area (Å²) in [4.78, 5) is 9.73. The van der Waals surface area contributed by atoms with Gasteiger partial charge in [-0.1, -0.05) is 19.1 Å². The third-order valence-electron chi connectivity index (χ3n) is 5.35. The molecular weight excluding hydrogens is 406 g/mol. The Morgan fingerprint density at radius 1 is 1.13 bits per heavy atom. The van der Waals surface area contributed by atoms with Crippen molar-refractivity contribution in [1.82, 2.24) is 19.7 Å². The minimum Gasteiger partial charge on any atom is -0.382 e. The molecule has 4 aromatic rings. The van der Waals surface area contributed by atoms with Crippen molar-refractivity contribution in [2.45, 2.75) is 29.9 Å². The van der Waals surface area contributed by atoms with Gasteiger partial charge in [-0.05, 0) is 36.6 Å². The normalized spacial score (nSPS) is 14.6. The van der Waals surface area contributed by atoms with Crippen LogP contribution in [0.1, 0.15) is 24.1 Å². The number of fused-ring (bicyclic) bond motifs is 1. The summed E-state index contributed by atoms with van der Waals surface area (Å²) in [6.07, 6.45) is 4.78. The molecule has 1 N–H and O–H groups in total. The Labute approximate surface area is 176 Å². The van der Waals surface area contributed by atoms with E-state index < -0.39 is 23.2 Å². The molecule has 0 amide bonds. The standard InChI is InChI=1S/C22H20F2N4OS/c1-14(20-7-3-15-9-17(30-2)5-8-21(15)27-20)22(29,11-28-13-25-12-26-28)18-6-4-16(23)10-19(18)24/h3-10,12-14,29H,11H2,1-2H3. The molecule has 0 aliphatic heterocycles. The van der Waals surface area contributed by atoms with Crippen LogP contribution in [0.15, 0.2) is 66.1 Å². The lowest BCUT2D eigenvalue weighted by atomic mass is 9.79. The molecule has 0 saturated carbocycles. The minimum absolute atomic E-state index is 0.0217. The molecule has 0 aliphatic carbocycles. The van der Waals surface area contributed by atoms with Gasteiger partial charge in [0.25, 0.3) is 0 Å². The predicted octanol–water partition coefficient (Wildman–Crippen LogP) is 4.52. The molecule has 2 atom stereocenters. The Morgan fingerprint density at radius 2 is 1.97 bits per heavy atom. The number of nitrogens with zero attached hydrogens (tertiary/aromatic N) is 4. The SMILES string of the molecule is CSc1ccc2nc(C(C)C(O)(Cn3cncn3)c3ccc(F)cc3F)ccc2c1. The third kappa shape index (κ3) is 3.80. The van der Waals surface area contributed by atoms with E-state index in [0.29, 0.717) is 5.69 Å². The lowest BCUT2D eigenvalue weighted by Gasteiger charge is -2.34. The zero-order chi connectivity index (χ0) is 21.3. The maximum absolute atomic E-state index is 14.7. The highest BCUT2D eigenvalue weighted by atomic mass is 32.2. The molecule has 8 heteroatoms. The highest BCUT2D eigenvalue weighted by Gasteiger charge is 2.40. The van der Waals surface area contributed by atoms with Crippen molar-refractivity contribution >= 4 is 22.7 Å². The fourth-order valence-electron chi connectivity index (χ4n) is 3.59. The van der Waals surface area contributed by atoms with Crippen LogP contribution in [0.5, 0.6) is 0 Å². The van der Waals surface area contributed by atoms with Gasteiger partial charge in [0.1, 0.15) is 29.9 Å². The first-order valence-corrected chi connectivity index (χ1v) is 10.6. The molecule has 5 nitrogen and oxygen atoms in total. The van der Waals surface area contributed by atoms with E-state index in [1.807, 2.05) is 36.6 Å². The van der Waals surface area contributed by atoms with E-state index in [9.17, 15) is 13.9 Å². The molecule has 154 valence electrons. The number of thioether (sulfide) groups is 1. The first-order chi connectivity index (χ1) is 14.4.